The first-order valence-electron chi connectivity index (χ1n) is 6.77. The van der Waals surface area contributed by atoms with Gasteiger partial charge in [-0.05, 0) is 45.1 Å². The number of halogens is 2. The fraction of sp³-hybridized carbons (Fsp3) is 0.500. The second-order valence-corrected chi connectivity index (χ2v) is 6.39. The van der Waals surface area contributed by atoms with Crippen molar-refractivity contribution in [3.8, 4) is 0 Å². The highest BCUT2D eigenvalue weighted by molar-refractivity contribution is 7.71. The van der Waals surface area contributed by atoms with E-state index in [1.807, 2.05) is 0 Å². The summed E-state index contributed by atoms with van der Waals surface area (Å²) in [5.74, 6) is -0.417. The first kappa shape index (κ1) is 14.0. The molecule has 1 N–H and O–H groups in total. The fourth-order valence-corrected chi connectivity index (χ4v) is 3.50. The van der Waals surface area contributed by atoms with E-state index < -0.39 is 5.82 Å². The predicted molar refractivity (Wildman–Crippen MR) is 82.5 cm³/mol. The minimum Gasteiger partial charge on any atom is -0.330 e. The SMILES string of the molecule is CC1CC(n2c(=S)[nH]c3cc(F)c(Cl)cc32)CCN1C. The van der Waals surface area contributed by atoms with Gasteiger partial charge in [0.05, 0.1) is 16.1 Å². The summed E-state index contributed by atoms with van der Waals surface area (Å²) in [6, 6.07) is 3.93. The Bertz CT molecular complexity index is 708. The Balaban J connectivity index is 2.09. The lowest BCUT2D eigenvalue weighted by Crippen LogP contribution is -2.38. The van der Waals surface area contributed by atoms with E-state index in [0.29, 0.717) is 22.4 Å². The number of hydrogen-bond acceptors (Lipinski definition) is 2. The lowest BCUT2D eigenvalue weighted by Gasteiger charge is -2.35. The number of aromatic amines is 1. The number of H-pyrrole nitrogens is 1. The van der Waals surface area contributed by atoms with Crippen LogP contribution in [-0.4, -0.2) is 34.1 Å². The highest BCUT2D eigenvalue weighted by atomic mass is 35.5. The molecule has 20 heavy (non-hydrogen) atoms. The highest BCUT2D eigenvalue weighted by Gasteiger charge is 2.25. The molecule has 1 saturated heterocycles. The van der Waals surface area contributed by atoms with Crippen LogP contribution in [0.5, 0.6) is 0 Å². The minimum absolute atomic E-state index is 0.140. The summed E-state index contributed by atoms with van der Waals surface area (Å²) < 4.78 is 16.3. The van der Waals surface area contributed by atoms with Gasteiger partial charge in [0.15, 0.2) is 4.77 Å². The number of piperidine rings is 1. The van der Waals surface area contributed by atoms with E-state index in [2.05, 4.69) is 28.4 Å². The van der Waals surface area contributed by atoms with Crippen LogP contribution in [0.15, 0.2) is 12.1 Å². The fourth-order valence-electron chi connectivity index (χ4n) is 2.98. The number of fused-ring (bicyclic) bond motifs is 1. The third kappa shape index (κ3) is 2.28. The monoisotopic (exact) mass is 313 g/mol. The maximum Gasteiger partial charge on any atom is 0.178 e. The molecule has 2 atom stereocenters. The Hall–Kier alpha value is -0.910. The number of likely N-dealkylation sites (tertiary alicyclic amines) is 1. The molecule has 0 saturated carbocycles. The van der Waals surface area contributed by atoms with Crippen molar-refractivity contribution >= 4 is 34.9 Å². The third-order valence-corrected chi connectivity index (χ3v) is 4.89. The van der Waals surface area contributed by atoms with E-state index in [4.69, 9.17) is 23.8 Å². The van der Waals surface area contributed by atoms with Gasteiger partial charge in [-0.1, -0.05) is 11.6 Å². The summed E-state index contributed by atoms with van der Waals surface area (Å²) in [4.78, 5) is 5.43. The Kier molecular flexibility index (Phi) is 3.60. The molecule has 1 aliphatic heterocycles. The molecule has 2 aromatic rings. The molecule has 6 heteroatoms. The first-order chi connectivity index (χ1) is 9.47. The number of rotatable bonds is 1. The zero-order chi connectivity index (χ0) is 14.4. The Morgan fingerprint density at radius 1 is 1.45 bits per heavy atom. The molecule has 0 spiro atoms. The molecule has 1 aromatic carbocycles. The number of nitrogens with one attached hydrogen (secondary N) is 1. The zero-order valence-corrected chi connectivity index (χ0v) is 13.1. The Labute approximate surface area is 127 Å². The molecular weight excluding hydrogens is 297 g/mol. The summed E-state index contributed by atoms with van der Waals surface area (Å²) >= 11 is 11.3. The maximum atomic E-state index is 13.5. The van der Waals surface area contributed by atoms with Crippen LogP contribution in [0.25, 0.3) is 11.0 Å². The molecule has 0 bridgehead atoms. The molecule has 0 radical (unpaired) electrons. The van der Waals surface area contributed by atoms with Crippen LogP contribution in [0, 0.1) is 10.6 Å². The Morgan fingerprint density at radius 3 is 2.90 bits per heavy atom. The second-order valence-electron chi connectivity index (χ2n) is 5.59. The largest absolute Gasteiger partial charge is 0.330 e. The number of nitrogens with zero attached hydrogens (tertiary/aromatic N) is 2. The second kappa shape index (κ2) is 5.13. The summed E-state index contributed by atoms with van der Waals surface area (Å²) in [6.45, 7) is 3.26. The normalized spacial score (nSPS) is 24.4. The van der Waals surface area contributed by atoms with Gasteiger partial charge < -0.3 is 14.5 Å². The molecule has 3 nitrogen and oxygen atoms in total. The predicted octanol–water partition coefficient (Wildman–Crippen LogP) is 4.15. The van der Waals surface area contributed by atoms with Gasteiger partial charge >= 0.3 is 0 Å². The van der Waals surface area contributed by atoms with Gasteiger partial charge in [0.25, 0.3) is 0 Å². The van der Waals surface area contributed by atoms with Gasteiger partial charge in [-0.25, -0.2) is 4.39 Å². The van der Waals surface area contributed by atoms with E-state index in [0.717, 1.165) is 24.9 Å². The van der Waals surface area contributed by atoms with Crippen molar-refractivity contribution in [3.63, 3.8) is 0 Å². The van der Waals surface area contributed by atoms with Crippen molar-refractivity contribution in [1.82, 2.24) is 14.5 Å². The van der Waals surface area contributed by atoms with Crippen LogP contribution < -0.4 is 0 Å². The molecule has 0 amide bonds. The number of hydrogen-bond donors (Lipinski definition) is 1. The summed E-state index contributed by atoms with van der Waals surface area (Å²) in [6.07, 6.45) is 2.07. The standard InChI is InChI=1S/C14H17ClFN3S/c1-8-5-9(3-4-18(8)2)19-13-6-10(15)11(16)7-12(13)17-14(19)20/h6-9H,3-5H2,1-2H3,(H,17,20). The van der Waals surface area contributed by atoms with Crippen molar-refractivity contribution in [2.75, 3.05) is 13.6 Å². The quantitative estimate of drug-likeness (QED) is 0.800. The summed E-state index contributed by atoms with van der Waals surface area (Å²) in [5, 5.41) is 0.140. The van der Waals surface area contributed by atoms with Crippen LogP contribution in [0.2, 0.25) is 5.02 Å². The minimum atomic E-state index is -0.417. The van der Waals surface area contributed by atoms with Gasteiger partial charge in [0.2, 0.25) is 0 Å². The molecular formula is C14H17ClFN3S. The maximum absolute atomic E-state index is 13.5. The molecule has 1 fully saturated rings. The Morgan fingerprint density at radius 2 is 2.20 bits per heavy atom. The summed E-state index contributed by atoms with van der Waals surface area (Å²) in [7, 11) is 2.14. The molecule has 108 valence electrons. The molecule has 1 aromatic heterocycles. The average molecular weight is 314 g/mol. The van der Waals surface area contributed by atoms with E-state index >= 15 is 0 Å². The number of aromatic nitrogens is 2. The van der Waals surface area contributed by atoms with Gasteiger partial charge in [0.1, 0.15) is 5.82 Å². The van der Waals surface area contributed by atoms with Crippen molar-refractivity contribution in [2.24, 2.45) is 0 Å². The molecule has 0 aliphatic carbocycles. The molecule has 1 aliphatic rings. The molecule has 2 heterocycles. The van der Waals surface area contributed by atoms with Crippen molar-refractivity contribution < 1.29 is 4.39 Å². The van der Waals surface area contributed by atoms with Crippen LogP contribution >= 0.6 is 23.8 Å². The summed E-state index contributed by atoms with van der Waals surface area (Å²) in [5.41, 5.74) is 1.60. The topological polar surface area (TPSA) is 24.0 Å². The third-order valence-electron chi connectivity index (χ3n) is 4.30. The lowest BCUT2D eigenvalue weighted by molar-refractivity contribution is 0.158. The van der Waals surface area contributed by atoms with Crippen molar-refractivity contribution in [3.05, 3.63) is 27.7 Å². The first-order valence-corrected chi connectivity index (χ1v) is 7.55. The molecule has 2 unspecified atom stereocenters. The van der Waals surface area contributed by atoms with E-state index in [-0.39, 0.29) is 5.02 Å². The van der Waals surface area contributed by atoms with Crippen LogP contribution in [0.1, 0.15) is 25.8 Å². The van der Waals surface area contributed by atoms with E-state index in [1.54, 1.807) is 6.07 Å². The van der Waals surface area contributed by atoms with Crippen LogP contribution in [-0.2, 0) is 0 Å². The number of imidazole rings is 1. The van der Waals surface area contributed by atoms with Gasteiger partial charge in [-0.3, -0.25) is 0 Å². The average Bonchev–Trinajstić information content (AvgIpc) is 2.69. The van der Waals surface area contributed by atoms with Gasteiger partial charge in [-0.2, -0.15) is 0 Å². The lowest BCUT2D eigenvalue weighted by atomic mass is 9.98. The van der Waals surface area contributed by atoms with Crippen LogP contribution in [0.3, 0.4) is 0 Å². The molecule has 3 rings (SSSR count). The van der Waals surface area contributed by atoms with E-state index in [1.165, 1.54) is 6.07 Å². The van der Waals surface area contributed by atoms with Gasteiger partial charge in [0, 0.05) is 24.7 Å². The number of benzene rings is 1. The van der Waals surface area contributed by atoms with Gasteiger partial charge in [-0.15, -0.1) is 0 Å². The highest BCUT2D eigenvalue weighted by Crippen LogP contribution is 2.31. The smallest absolute Gasteiger partial charge is 0.178 e. The van der Waals surface area contributed by atoms with E-state index in [9.17, 15) is 4.39 Å². The van der Waals surface area contributed by atoms with Crippen molar-refractivity contribution in [2.45, 2.75) is 31.8 Å². The zero-order valence-electron chi connectivity index (χ0n) is 11.5. The van der Waals surface area contributed by atoms with Crippen molar-refractivity contribution in [1.29, 1.82) is 0 Å². The van der Waals surface area contributed by atoms with Crippen LogP contribution in [0.4, 0.5) is 4.39 Å².